The van der Waals surface area contributed by atoms with E-state index in [2.05, 4.69) is 46.6 Å². The number of urea groups is 1. The number of benzene rings is 1. The molecule has 0 unspecified atom stereocenters. The SMILES string of the molecule is CCN(C)Cc1cccc(CNC(=O)NCc2cccnc2)c1. The molecule has 0 bridgehead atoms. The summed E-state index contributed by atoms with van der Waals surface area (Å²) in [5.74, 6) is 0. The largest absolute Gasteiger partial charge is 0.334 e. The molecule has 0 saturated carbocycles. The topological polar surface area (TPSA) is 57.3 Å². The molecule has 2 amide bonds. The Morgan fingerprint density at radius 2 is 1.78 bits per heavy atom. The van der Waals surface area contributed by atoms with Crippen LogP contribution in [-0.4, -0.2) is 29.5 Å². The van der Waals surface area contributed by atoms with E-state index in [1.165, 1.54) is 5.56 Å². The Balaban J connectivity index is 1.78. The van der Waals surface area contributed by atoms with Crippen LogP contribution in [0.2, 0.25) is 0 Å². The van der Waals surface area contributed by atoms with E-state index in [0.29, 0.717) is 13.1 Å². The van der Waals surface area contributed by atoms with E-state index in [4.69, 9.17) is 0 Å². The molecule has 122 valence electrons. The fourth-order valence-electron chi connectivity index (χ4n) is 2.19. The van der Waals surface area contributed by atoms with Gasteiger partial charge in [-0.25, -0.2) is 4.79 Å². The van der Waals surface area contributed by atoms with Crippen molar-refractivity contribution in [2.24, 2.45) is 0 Å². The summed E-state index contributed by atoms with van der Waals surface area (Å²) in [6, 6.07) is 11.9. The number of carbonyl (C=O) groups excluding carboxylic acids is 1. The van der Waals surface area contributed by atoms with Crippen LogP contribution in [0.1, 0.15) is 23.6 Å². The van der Waals surface area contributed by atoms with E-state index in [-0.39, 0.29) is 6.03 Å². The van der Waals surface area contributed by atoms with Gasteiger partial charge < -0.3 is 15.5 Å². The Bertz CT molecular complexity index is 615. The number of pyridine rings is 1. The third-order valence-corrected chi connectivity index (χ3v) is 3.61. The normalized spacial score (nSPS) is 10.6. The number of amides is 2. The van der Waals surface area contributed by atoms with Crippen molar-refractivity contribution in [2.75, 3.05) is 13.6 Å². The van der Waals surface area contributed by atoms with E-state index in [0.717, 1.165) is 24.2 Å². The van der Waals surface area contributed by atoms with E-state index in [1.807, 2.05) is 24.3 Å². The highest BCUT2D eigenvalue weighted by Crippen LogP contribution is 2.07. The van der Waals surface area contributed by atoms with Gasteiger partial charge in [0.1, 0.15) is 0 Å². The van der Waals surface area contributed by atoms with Crippen LogP contribution in [-0.2, 0) is 19.6 Å². The first-order chi connectivity index (χ1) is 11.2. The minimum absolute atomic E-state index is 0.176. The fraction of sp³-hybridized carbons (Fsp3) is 0.333. The summed E-state index contributed by atoms with van der Waals surface area (Å²) in [7, 11) is 2.09. The summed E-state index contributed by atoms with van der Waals surface area (Å²) in [4.78, 5) is 18.1. The van der Waals surface area contributed by atoms with Crippen molar-refractivity contribution in [3.05, 3.63) is 65.5 Å². The lowest BCUT2D eigenvalue weighted by molar-refractivity contribution is 0.240. The molecule has 5 nitrogen and oxygen atoms in total. The fourth-order valence-corrected chi connectivity index (χ4v) is 2.19. The molecule has 5 heteroatoms. The Morgan fingerprint density at radius 1 is 1.09 bits per heavy atom. The molecule has 0 aliphatic carbocycles. The Hall–Kier alpha value is -2.40. The zero-order valence-corrected chi connectivity index (χ0v) is 13.7. The maximum absolute atomic E-state index is 11.8. The van der Waals surface area contributed by atoms with Crippen molar-refractivity contribution in [3.8, 4) is 0 Å². The van der Waals surface area contributed by atoms with E-state index >= 15 is 0 Å². The van der Waals surface area contributed by atoms with Gasteiger partial charge in [-0.2, -0.15) is 0 Å². The molecular formula is C18H24N4O. The lowest BCUT2D eigenvalue weighted by Crippen LogP contribution is -2.34. The van der Waals surface area contributed by atoms with Gasteiger partial charge in [-0.3, -0.25) is 4.98 Å². The van der Waals surface area contributed by atoms with Crippen LogP contribution < -0.4 is 10.6 Å². The maximum atomic E-state index is 11.8. The predicted octanol–water partition coefficient (Wildman–Crippen LogP) is 2.53. The van der Waals surface area contributed by atoms with Gasteiger partial charge in [-0.1, -0.05) is 37.3 Å². The van der Waals surface area contributed by atoms with Crippen molar-refractivity contribution in [3.63, 3.8) is 0 Å². The third-order valence-electron chi connectivity index (χ3n) is 3.61. The highest BCUT2D eigenvalue weighted by atomic mass is 16.2. The highest BCUT2D eigenvalue weighted by molar-refractivity contribution is 5.73. The molecule has 0 saturated heterocycles. The van der Waals surface area contributed by atoms with E-state index < -0.39 is 0 Å². The van der Waals surface area contributed by atoms with Crippen molar-refractivity contribution in [1.29, 1.82) is 0 Å². The van der Waals surface area contributed by atoms with Crippen molar-refractivity contribution >= 4 is 6.03 Å². The molecule has 0 atom stereocenters. The lowest BCUT2D eigenvalue weighted by Gasteiger charge is -2.14. The van der Waals surface area contributed by atoms with E-state index in [9.17, 15) is 4.79 Å². The molecule has 0 aliphatic heterocycles. The number of hydrogen-bond acceptors (Lipinski definition) is 3. The van der Waals surface area contributed by atoms with Gasteiger partial charge in [0.05, 0.1) is 0 Å². The minimum Gasteiger partial charge on any atom is -0.334 e. The smallest absolute Gasteiger partial charge is 0.315 e. The average Bonchev–Trinajstić information content (AvgIpc) is 2.59. The second-order valence-corrected chi connectivity index (χ2v) is 5.55. The molecule has 0 radical (unpaired) electrons. The molecule has 1 heterocycles. The summed E-state index contributed by atoms with van der Waals surface area (Å²) in [6.07, 6.45) is 3.46. The van der Waals surface area contributed by atoms with E-state index in [1.54, 1.807) is 12.4 Å². The van der Waals surface area contributed by atoms with Gasteiger partial charge in [-0.15, -0.1) is 0 Å². The van der Waals surface area contributed by atoms with Gasteiger partial charge in [-0.05, 0) is 36.3 Å². The number of hydrogen-bond donors (Lipinski definition) is 2. The number of carbonyl (C=O) groups is 1. The van der Waals surface area contributed by atoms with Crippen LogP contribution in [0.3, 0.4) is 0 Å². The molecule has 1 aromatic carbocycles. The molecule has 0 spiro atoms. The molecule has 0 fully saturated rings. The van der Waals surface area contributed by atoms with Crippen molar-refractivity contribution in [2.45, 2.75) is 26.6 Å². The zero-order valence-electron chi connectivity index (χ0n) is 13.7. The Morgan fingerprint density at radius 3 is 2.48 bits per heavy atom. The average molecular weight is 312 g/mol. The number of nitrogens with zero attached hydrogens (tertiary/aromatic N) is 2. The molecule has 0 aliphatic rings. The standard InChI is InChI=1S/C18H24N4O/c1-3-22(2)14-16-7-4-6-15(10-16)12-20-18(23)21-13-17-8-5-9-19-11-17/h4-11H,3,12-14H2,1-2H3,(H2,20,21,23). The monoisotopic (exact) mass is 312 g/mol. The van der Waals surface area contributed by atoms with Crippen LogP contribution in [0.25, 0.3) is 0 Å². The second kappa shape index (κ2) is 8.90. The Labute approximate surface area is 137 Å². The second-order valence-electron chi connectivity index (χ2n) is 5.55. The summed E-state index contributed by atoms with van der Waals surface area (Å²) in [6.45, 7) is 5.05. The van der Waals surface area contributed by atoms with Gasteiger partial charge in [0, 0.05) is 32.0 Å². The lowest BCUT2D eigenvalue weighted by atomic mass is 10.1. The maximum Gasteiger partial charge on any atom is 0.315 e. The molecule has 2 rings (SSSR count). The molecule has 23 heavy (non-hydrogen) atoms. The van der Waals surface area contributed by atoms with Gasteiger partial charge >= 0.3 is 6.03 Å². The number of nitrogens with one attached hydrogen (secondary N) is 2. The summed E-state index contributed by atoms with van der Waals surface area (Å²) in [5, 5.41) is 5.71. The zero-order chi connectivity index (χ0) is 16.5. The van der Waals surface area contributed by atoms with Crippen molar-refractivity contribution in [1.82, 2.24) is 20.5 Å². The first kappa shape index (κ1) is 17.0. The van der Waals surface area contributed by atoms with Gasteiger partial charge in [0.25, 0.3) is 0 Å². The molecular weight excluding hydrogens is 288 g/mol. The predicted molar refractivity (Wildman–Crippen MR) is 91.8 cm³/mol. The molecule has 2 aromatic rings. The van der Waals surface area contributed by atoms with Crippen LogP contribution in [0.4, 0.5) is 4.79 Å². The third kappa shape index (κ3) is 6.08. The molecule has 1 aromatic heterocycles. The highest BCUT2D eigenvalue weighted by Gasteiger charge is 2.03. The summed E-state index contributed by atoms with van der Waals surface area (Å²) < 4.78 is 0. The van der Waals surface area contributed by atoms with Crippen LogP contribution in [0, 0.1) is 0 Å². The summed E-state index contributed by atoms with van der Waals surface area (Å²) in [5.41, 5.74) is 3.33. The van der Waals surface area contributed by atoms with Gasteiger partial charge in [0.2, 0.25) is 0 Å². The van der Waals surface area contributed by atoms with Crippen molar-refractivity contribution < 1.29 is 4.79 Å². The summed E-state index contributed by atoms with van der Waals surface area (Å²) >= 11 is 0. The first-order valence-electron chi connectivity index (χ1n) is 7.84. The van der Waals surface area contributed by atoms with Gasteiger partial charge in [0.15, 0.2) is 0 Å². The van der Waals surface area contributed by atoms with Crippen LogP contribution in [0.5, 0.6) is 0 Å². The minimum atomic E-state index is -0.176. The number of aromatic nitrogens is 1. The Kier molecular flexibility index (Phi) is 6.56. The quantitative estimate of drug-likeness (QED) is 0.826. The first-order valence-corrected chi connectivity index (χ1v) is 7.84. The molecule has 2 N–H and O–H groups in total. The van der Waals surface area contributed by atoms with Crippen LogP contribution in [0.15, 0.2) is 48.8 Å². The number of rotatable bonds is 7. The van der Waals surface area contributed by atoms with Crippen LogP contribution >= 0.6 is 0 Å².